The van der Waals surface area contributed by atoms with Crippen LogP contribution in [0.5, 0.6) is 5.75 Å². The zero-order valence-electron chi connectivity index (χ0n) is 11.8. The van der Waals surface area contributed by atoms with E-state index < -0.39 is 0 Å². The third kappa shape index (κ3) is 10.9. The summed E-state index contributed by atoms with van der Waals surface area (Å²) in [6.07, 6.45) is 0.958. The van der Waals surface area contributed by atoms with E-state index in [0.29, 0.717) is 5.56 Å². The summed E-state index contributed by atoms with van der Waals surface area (Å²) in [7, 11) is 3.75. The Morgan fingerprint density at radius 1 is 1.24 bits per heavy atom. The van der Waals surface area contributed by atoms with Crippen LogP contribution in [0.4, 0.5) is 0 Å². The number of hydrogen-bond donors (Lipinski definition) is 1. The van der Waals surface area contributed by atoms with Crippen LogP contribution in [0.1, 0.15) is 38.1 Å². The monoisotopic (exact) mass is 239 g/mol. The standard InChI is InChI=1S/C10H12O2.C2H7N.C2H6/c1-8(2)12-10-5-3-4-9(6-10)7-11;1-3-2;1-2/h3-8H,1-2H3;3H,1-2H3;1-2H3. The van der Waals surface area contributed by atoms with Gasteiger partial charge in [-0.05, 0) is 40.1 Å². The lowest BCUT2D eigenvalue weighted by atomic mass is 10.2. The first-order valence-electron chi connectivity index (χ1n) is 5.94. The quantitative estimate of drug-likeness (QED) is 0.823. The van der Waals surface area contributed by atoms with Crippen LogP contribution in [0.3, 0.4) is 0 Å². The van der Waals surface area contributed by atoms with Gasteiger partial charge in [0, 0.05) is 5.56 Å². The summed E-state index contributed by atoms with van der Waals surface area (Å²) in [4.78, 5) is 10.4. The molecule has 0 aliphatic heterocycles. The fourth-order valence-electron chi connectivity index (χ4n) is 0.933. The Hall–Kier alpha value is -1.35. The fourth-order valence-corrected chi connectivity index (χ4v) is 0.933. The number of carbonyl (C=O) groups is 1. The molecule has 0 amide bonds. The normalized spacial score (nSPS) is 8.41. The number of hydrogen-bond acceptors (Lipinski definition) is 3. The van der Waals surface area contributed by atoms with Crippen molar-refractivity contribution < 1.29 is 9.53 Å². The van der Waals surface area contributed by atoms with Gasteiger partial charge in [-0.25, -0.2) is 0 Å². The van der Waals surface area contributed by atoms with Crippen molar-refractivity contribution in [1.82, 2.24) is 5.32 Å². The minimum Gasteiger partial charge on any atom is -0.491 e. The van der Waals surface area contributed by atoms with E-state index >= 15 is 0 Å². The van der Waals surface area contributed by atoms with E-state index in [1.165, 1.54) is 0 Å². The largest absolute Gasteiger partial charge is 0.491 e. The molecular formula is C14H25NO2. The van der Waals surface area contributed by atoms with Crippen molar-refractivity contribution in [3.8, 4) is 5.75 Å². The van der Waals surface area contributed by atoms with Crippen LogP contribution in [-0.2, 0) is 0 Å². The molecule has 1 aromatic carbocycles. The molecule has 0 aliphatic rings. The summed E-state index contributed by atoms with van der Waals surface area (Å²) in [5.41, 5.74) is 0.646. The van der Waals surface area contributed by atoms with Crippen molar-refractivity contribution in [2.75, 3.05) is 14.1 Å². The lowest BCUT2D eigenvalue weighted by molar-refractivity contribution is 0.112. The van der Waals surface area contributed by atoms with Crippen molar-refractivity contribution >= 4 is 6.29 Å². The number of nitrogens with one attached hydrogen (secondary N) is 1. The number of carbonyl (C=O) groups excluding carboxylic acids is 1. The van der Waals surface area contributed by atoms with Gasteiger partial charge in [-0.1, -0.05) is 26.0 Å². The second-order valence-corrected chi connectivity index (χ2v) is 3.36. The maximum Gasteiger partial charge on any atom is 0.150 e. The summed E-state index contributed by atoms with van der Waals surface area (Å²) < 4.78 is 5.40. The van der Waals surface area contributed by atoms with Crippen molar-refractivity contribution in [1.29, 1.82) is 0 Å². The first-order chi connectivity index (χ1) is 8.13. The van der Waals surface area contributed by atoms with Crippen LogP contribution in [0.15, 0.2) is 24.3 Å². The van der Waals surface area contributed by atoms with E-state index in [1.807, 2.05) is 47.9 Å². The van der Waals surface area contributed by atoms with E-state index in [0.717, 1.165) is 12.0 Å². The van der Waals surface area contributed by atoms with Crippen molar-refractivity contribution in [2.45, 2.75) is 33.8 Å². The number of rotatable bonds is 3. The molecule has 0 aromatic heterocycles. The predicted octanol–water partition coefficient (Wildman–Crippen LogP) is 3.15. The lowest BCUT2D eigenvalue weighted by Gasteiger charge is -2.08. The highest BCUT2D eigenvalue weighted by Gasteiger charge is 1.97. The Labute approximate surface area is 105 Å². The highest BCUT2D eigenvalue weighted by Crippen LogP contribution is 2.13. The zero-order chi connectivity index (χ0) is 13.7. The molecule has 0 saturated heterocycles. The Balaban J connectivity index is 0. The summed E-state index contributed by atoms with van der Waals surface area (Å²) in [5.74, 6) is 0.745. The van der Waals surface area contributed by atoms with Crippen molar-refractivity contribution in [3.63, 3.8) is 0 Å². The summed E-state index contributed by atoms with van der Waals surface area (Å²) in [6, 6.07) is 7.13. The number of benzene rings is 1. The topological polar surface area (TPSA) is 38.3 Å². The van der Waals surface area contributed by atoms with Crippen LogP contribution in [0.2, 0.25) is 0 Å². The van der Waals surface area contributed by atoms with Gasteiger partial charge in [-0.15, -0.1) is 0 Å². The minimum atomic E-state index is 0.145. The smallest absolute Gasteiger partial charge is 0.150 e. The van der Waals surface area contributed by atoms with Gasteiger partial charge in [0.1, 0.15) is 12.0 Å². The molecule has 0 saturated carbocycles. The zero-order valence-corrected chi connectivity index (χ0v) is 11.8. The molecule has 3 nitrogen and oxygen atoms in total. The van der Waals surface area contributed by atoms with Gasteiger partial charge < -0.3 is 10.1 Å². The van der Waals surface area contributed by atoms with Gasteiger partial charge in [0.25, 0.3) is 0 Å². The third-order valence-corrected chi connectivity index (χ3v) is 1.37. The number of ether oxygens (including phenoxy) is 1. The molecule has 0 fully saturated rings. The molecule has 0 spiro atoms. The molecule has 0 radical (unpaired) electrons. The van der Waals surface area contributed by atoms with Crippen molar-refractivity contribution in [3.05, 3.63) is 29.8 Å². The van der Waals surface area contributed by atoms with E-state index in [-0.39, 0.29) is 6.10 Å². The fraction of sp³-hybridized carbons (Fsp3) is 0.500. The molecule has 1 aromatic rings. The van der Waals surface area contributed by atoms with E-state index in [9.17, 15) is 4.79 Å². The Morgan fingerprint density at radius 2 is 1.76 bits per heavy atom. The first-order valence-corrected chi connectivity index (χ1v) is 5.94. The molecule has 1 rings (SSSR count). The van der Waals surface area contributed by atoms with E-state index in [1.54, 1.807) is 18.2 Å². The van der Waals surface area contributed by atoms with E-state index in [2.05, 4.69) is 5.32 Å². The van der Waals surface area contributed by atoms with Gasteiger partial charge in [0.05, 0.1) is 6.10 Å². The van der Waals surface area contributed by atoms with Gasteiger partial charge in [0.15, 0.2) is 0 Å². The molecule has 98 valence electrons. The van der Waals surface area contributed by atoms with E-state index in [4.69, 9.17) is 4.74 Å². The summed E-state index contributed by atoms with van der Waals surface area (Å²) in [6.45, 7) is 7.90. The number of aldehydes is 1. The van der Waals surface area contributed by atoms with Crippen LogP contribution in [-0.4, -0.2) is 26.5 Å². The first kappa shape index (κ1) is 18.0. The van der Waals surface area contributed by atoms with Crippen LogP contribution < -0.4 is 10.1 Å². The van der Waals surface area contributed by atoms with Gasteiger partial charge >= 0.3 is 0 Å². The molecule has 0 unspecified atom stereocenters. The average molecular weight is 239 g/mol. The van der Waals surface area contributed by atoms with Gasteiger partial charge in [0.2, 0.25) is 0 Å². The minimum absolute atomic E-state index is 0.145. The highest BCUT2D eigenvalue weighted by atomic mass is 16.5. The van der Waals surface area contributed by atoms with Crippen molar-refractivity contribution in [2.24, 2.45) is 0 Å². The molecule has 0 bridgehead atoms. The Bertz CT molecular complexity index is 285. The maximum absolute atomic E-state index is 10.4. The Kier molecular flexibility index (Phi) is 13.5. The van der Waals surface area contributed by atoms with Crippen LogP contribution >= 0.6 is 0 Å². The molecule has 0 heterocycles. The molecule has 0 aliphatic carbocycles. The average Bonchev–Trinajstić information content (AvgIpc) is 2.32. The van der Waals surface area contributed by atoms with Gasteiger partial charge in [-0.2, -0.15) is 0 Å². The maximum atomic E-state index is 10.4. The predicted molar refractivity (Wildman–Crippen MR) is 73.9 cm³/mol. The summed E-state index contributed by atoms with van der Waals surface area (Å²) >= 11 is 0. The highest BCUT2D eigenvalue weighted by molar-refractivity contribution is 5.75. The molecular weight excluding hydrogens is 214 g/mol. The lowest BCUT2D eigenvalue weighted by Crippen LogP contribution is -2.05. The second-order valence-electron chi connectivity index (χ2n) is 3.36. The third-order valence-electron chi connectivity index (χ3n) is 1.37. The SMILES string of the molecule is CC.CC(C)Oc1cccc(C=O)c1.CNC. The summed E-state index contributed by atoms with van der Waals surface area (Å²) in [5, 5.41) is 2.75. The molecule has 17 heavy (non-hydrogen) atoms. The molecule has 0 atom stereocenters. The van der Waals surface area contributed by atoms with Crippen LogP contribution in [0.25, 0.3) is 0 Å². The Morgan fingerprint density at radius 3 is 2.18 bits per heavy atom. The molecule has 1 N–H and O–H groups in total. The second kappa shape index (κ2) is 12.7. The van der Waals surface area contributed by atoms with Gasteiger partial charge in [-0.3, -0.25) is 4.79 Å². The molecule has 3 heteroatoms. The van der Waals surface area contributed by atoms with Crippen LogP contribution in [0, 0.1) is 0 Å².